The molecule has 1 aromatic carbocycles. The van der Waals surface area contributed by atoms with Gasteiger partial charge < -0.3 is 9.88 Å². The number of aryl methyl sites for hydroxylation is 1. The van der Waals surface area contributed by atoms with E-state index in [4.69, 9.17) is 4.98 Å². The first-order valence-corrected chi connectivity index (χ1v) is 7.24. The monoisotopic (exact) mass is 280 g/mol. The number of benzene rings is 1. The molecule has 0 bridgehead atoms. The minimum atomic E-state index is 0.172. The van der Waals surface area contributed by atoms with Crippen molar-refractivity contribution in [3.8, 4) is 0 Å². The minimum absolute atomic E-state index is 0.172. The van der Waals surface area contributed by atoms with Crippen molar-refractivity contribution in [1.29, 1.82) is 0 Å². The number of imidazole rings is 1. The fourth-order valence-corrected chi connectivity index (χ4v) is 2.75. The molecule has 2 unspecified atom stereocenters. The molecule has 0 saturated carbocycles. The Morgan fingerprint density at radius 2 is 1.71 bits per heavy atom. The van der Waals surface area contributed by atoms with Gasteiger partial charge in [-0.15, -0.1) is 0 Å². The molecule has 0 aliphatic heterocycles. The average molecular weight is 280 g/mol. The van der Waals surface area contributed by atoms with E-state index in [1.807, 2.05) is 36.7 Å². The minimum Gasteiger partial charge on any atom is -0.330 e. The highest BCUT2D eigenvalue weighted by Crippen LogP contribution is 2.22. The Balaban J connectivity index is 1.84. The summed E-state index contributed by atoms with van der Waals surface area (Å²) in [7, 11) is 2.07. The van der Waals surface area contributed by atoms with Crippen molar-refractivity contribution in [3.63, 3.8) is 0 Å². The number of hydrogen-bond acceptors (Lipinski definition) is 3. The number of nitrogens with one attached hydrogen (secondary N) is 1. The van der Waals surface area contributed by atoms with Crippen LogP contribution in [0.3, 0.4) is 0 Å². The quantitative estimate of drug-likeness (QED) is 0.796. The van der Waals surface area contributed by atoms with Crippen LogP contribution in [0.2, 0.25) is 0 Å². The molecule has 1 N–H and O–H groups in total. The largest absolute Gasteiger partial charge is 0.330 e. The van der Waals surface area contributed by atoms with E-state index in [1.165, 1.54) is 5.56 Å². The number of rotatable bonds is 4. The second kappa shape index (κ2) is 5.66. The lowest BCUT2D eigenvalue weighted by Crippen LogP contribution is -2.24. The third-order valence-corrected chi connectivity index (χ3v) is 3.92. The highest BCUT2D eigenvalue weighted by Gasteiger charge is 2.16. The number of nitrogens with zero attached hydrogens (tertiary/aromatic N) is 3. The summed E-state index contributed by atoms with van der Waals surface area (Å²) in [5, 5.41) is 3.60. The van der Waals surface area contributed by atoms with Crippen molar-refractivity contribution in [1.82, 2.24) is 19.9 Å². The van der Waals surface area contributed by atoms with E-state index in [9.17, 15) is 0 Å². The Labute approximate surface area is 124 Å². The summed E-state index contributed by atoms with van der Waals surface area (Å²) in [5.41, 5.74) is 3.44. The van der Waals surface area contributed by atoms with Crippen molar-refractivity contribution in [2.24, 2.45) is 7.05 Å². The predicted octanol–water partition coefficient (Wildman–Crippen LogP) is 3.38. The third kappa shape index (κ3) is 2.67. The van der Waals surface area contributed by atoms with E-state index in [1.54, 1.807) is 0 Å². The summed E-state index contributed by atoms with van der Waals surface area (Å²) >= 11 is 0. The van der Waals surface area contributed by atoms with E-state index < -0.39 is 0 Å². The molecule has 2 heterocycles. The highest BCUT2D eigenvalue weighted by atomic mass is 15.1. The van der Waals surface area contributed by atoms with Crippen LogP contribution in [0.4, 0.5) is 0 Å². The normalized spacial score (nSPS) is 14.2. The van der Waals surface area contributed by atoms with E-state index in [0.29, 0.717) is 0 Å². The van der Waals surface area contributed by atoms with E-state index >= 15 is 0 Å². The molecule has 2 atom stereocenters. The number of hydrogen-bond donors (Lipinski definition) is 1. The van der Waals surface area contributed by atoms with Gasteiger partial charge in [0, 0.05) is 25.5 Å². The zero-order valence-corrected chi connectivity index (χ0v) is 12.6. The molecule has 108 valence electrons. The molecular weight excluding hydrogens is 260 g/mol. The van der Waals surface area contributed by atoms with Gasteiger partial charge in [0.25, 0.3) is 0 Å². The first kappa shape index (κ1) is 13.8. The lowest BCUT2D eigenvalue weighted by atomic mass is 10.1. The standard InChI is InChI=1S/C17H20N4/c1-12(14-8-10-18-11-9-14)19-13(2)17-20-15-6-4-5-7-16(15)21(17)3/h4-13,19H,1-3H3. The molecular formula is C17H20N4. The lowest BCUT2D eigenvalue weighted by molar-refractivity contribution is 0.468. The van der Waals surface area contributed by atoms with E-state index in [0.717, 1.165) is 16.9 Å². The van der Waals surface area contributed by atoms with Crippen LogP contribution in [-0.2, 0) is 7.05 Å². The van der Waals surface area contributed by atoms with Gasteiger partial charge in [0.1, 0.15) is 5.82 Å². The molecule has 0 aliphatic carbocycles. The van der Waals surface area contributed by atoms with Gasteiger partial charge in [0.05, 0.1) is 17.1 Å². The molecule has 4 heteroatoms. The highest BCUT2D eigenvalue weighted by molar-refractivity contribution is 5.75. The van der Waals surface area contributed by atoms with Gasteiger partial charge in [-0.25, -0.2) is 4.98 Å². The Morgan fingerprint density at radius 3 is 2.43 bits per heavy atom. The van der Waals surface area contributed by atoms with Crippen LogP contribution in [0.5, 0.6) is 0 Å². The van der Waals surface area contributed by atoms with Crippen LogP contribution in [0.25, 0.3) is 11.0 Å². The number of pyridine rings is 1. The van der Waals surface area contributed by atoms with Crippen molar-refractivity contribution < 1.29 is 0 Å². The molecule has 0 fully saturated rings. The van der Waals surface area contributed by atoms with Gasteiger partial charge in [0.2, 0.25) is 0 Å². The first-order valence-electron chi connectivity index (χ1n) is 7.24. The fourth-order valence-electron chi connectivity index (χ4n) is 2.75. The molecule has 0 aliphatic rings. The Hall–Kier alpha value is -2.20. The van der Waals surface area contributed by atoms with Gasteiger partial charge >= 0.3 is 0 Å². The van der Waals surface area contributed by atoms with Crippen LogP contribution in [0.1, 0.15) is 37.3 Å². The molecule has 21 heavy (non-hydrogen) atoms. The number of fused-ring (bicyclic) bond motifs is 1. The smallest absolute Gasteiger partial charge is 0.126 e. The zero-order chi connectivity index (χ0) is 14.8. The maximum atomic E-state index is 4.75. The van der Waals surface area contributed by atoms with Gasteiger partial charge in [-0.1, -0.05) is 12.1 Å². The molecule has 4 nitrogen and oxygen atoms in total. The number of aromatic nitrogens is 3. The van der Waals surface area contributed by atoms with Crippen molar-refractivity contribution in [3.05, 3.63) is 60.2 Å². The summed E-state index contributed by atoms with van der Waals surface area (Å²) in [6.07, 6.45) is 3.65. The molecule has 0 spiro atoms. The molecule has 0 radical (unpaired) electrons. The van der Waals surface area contributed by atoms with E-state index in [-0.39, 0.29) is 12.1 Å². The van der Waals surface area contributed by atoms with Crippen LogP contribution in [0.15, 0.2) is 48.8 Å². The number of para-hydroxylation sites is 2. The molecule has 3 aromatic rings. The predicted molar refractivity (Wildman–Crippen MR) is 84.9 cm³/mol. The summed E-state index contributed by atoms with van der Waals surface area (Å²) in [6.45, 7) is 4.31. The molecule has 0 saturated heterocycles. The molecule has 0 amide bonds. The van der Waals surface area contributed by atoms with Crippen molar-refractivity contribution in [2.45, 2.75) is 25.9 Å². The third-order valence-electron chi connectivity index (χ3n) is 3.92. The van der Waals surface area contributed by atoms with E-state index in [2.05, 4.69) is 47.9 Å². The summed E-state index contributed by atoms with van der Waals surface area (Å²) in [4.78, 5) is 8.81. The summed E-state index contributed by atoms with van der Waals surface area (Å²) in [6, 6.07) is 12.7. The zero-order valence-electron chi connectivity index (χ0n) is 12.6. The van der Waals surface area contributed by atoms with Crippen LogP contribution < -0.4 is 5.32 Å². The van der Waals surface area contributed by atoms with Crippen molar-refractivity contribution >= 4 is 11.0 Å². The molecule has 2 aromatic heterocycles. The maximum Gasteiger partial charge on any atom is 0.126 e. The van der Waals surface area contributed by atoms with Crippen LogP contribution in [0, 0.1) is 0 Å². The van der Waals surface area contributed by atoms with Crippen LogP contribution >= 0.6 is 0 Å². The van der Waals surface area contributed by atoms with Gasteiger partial charge in [-0.05, 0) is 43.7 Å². The van der Waals surface area contributed by atoms with Gasteiger partial charge in [0.15, 0.2) is 0 Å². The summed E-state index contributed by atoms with van der Waals surface area (Å²) in [5.74, 6) is 1.05. The summed E-state index contributed by atoms with van der Waals surface area (Å²) < 4.78 is 2.16. The molecule has 3 rings (SSSR count). The Kier molecular flexibility index (Phi) is 3.71. The second-order valence-corrected chi connectivity index (χ2v) is 5.41. The van der Waals surface area contributed by atoms with Crippen molar-refractivity contribution in [2.75, 3.05) is 0 Å². The topological polar surface area (TPSA) is 42.7 Å². The average Bonchev–Trinajstić information content (AvgIpc) is 2.86. The maximum absolute atomic E-state index is 4.75. The fraction of sp³-hybridized carbons (Fsp3) is 0.294. The first-order chi connectivity index (χ1) is 10.2. The Bertz CT molecular complexity index is 733. The van der Waals surface area contributed by atoms with Gasteiger partial charge in [-0.3, -0.25) is 4.98 Å². The van der Waals surface area contributed by atoms with Crippen LogP contribution in [-0.4, -0.2) is 14.5 Å². The second-order valence-electron chi connectivity index (χ2n) is 5.41. The Morgan fingerprint density at radius 1 is 1.00 bits per heavy atom. The van der Waals surface area contributed by atoms with Gasteiger partial charge in [-0.2, -0.15) is 0 Å². The lowest BCUT2D eigenvalue weighted by Gasteiger charge is -2.20. The SMILES string of the molecule is CC(NC(C)c1nc2ccccc2n1C)c1ccncc1.